The maximum absolute atomic E-state index is 11.5. The van der Waals surface area contributed by atoms with Gasteiger partial charge in [0, 0.05) is 30.7 Å². The van der Waals surface area contributed by atoms with E-state index in [-0.39, 0.29) is 30.0 Å². The summed E-state index contributed by atoms with van der Waals surface area (Å²) in [5.74, 6) is 0.604. The maximum Gasteiger partial charge on any atom is 0.209 e. The first-order valence-electron chi connectivity index (χ1n) is 9.45. The van der Waals surface area contributed by atoms with Crippen molar-refractivity contribution >= 4 is 51.6 Å². The standard InChI is InChI=1S/C19H34ClN5O2S.HI/c1-7-25(8-2)17(15-11-9-10-12-16(15)20)13-22-18(21-5)23-14-19(3,4)24-28(6,26)27;/h9-12,17,24H,7-8,13-14H2,1-6H3,(H2,21,22,23);1H. The lowest BCUT2D eigenvalue weighted by Crippen LogP contribution is -2.53. The van der Waals surface area contributed by atoms with Crippen LogP contribution < -0.4 is 15.4 Å². The van der Waals surface area contributed by atoms with Crippen molar-refractivity contribution in [2.24, 2.45) is 4.99 Å². The van der Waals surface area contributed by atoms with E-state index < -0.39 is 15.6 Å². The molecule has 0 aliphatic heterocycles. The van der Waals surface area contributed by atoms with Crippen LogP contribution in [-0.4, -0.2) is 64.3 Å². The predicted molar refractivity (Wildman–Crippen MR) is 134 cm³/mol. The lowest BCUT2D eigenvalue weighted by molar-refractivity contribution is 0.219. The summed E-state index contributed by atoms with van der Waals surface area (Å²) in [6.45, 7) is 10.7. The molecule has 0 aliphatic carbocycles. The van der Waals surface area contributed by atoms with Crippen molar-refractivity contribution in [2.45, 2.75) is 39.3 Å². The number of halogens is 2. The third kappa shape index (κ3) is 10.3. The monoisotopic (exact) mass is 559 g/mol. The highest BCUT2D eigenvalue weighted by atomic mass is 127. The van der Waals surface area contributed by atoms with Crippen molar-refractivity contribution < 1.29 is 8.42 Å². The molecule has 0 spiro atoms. The van der Waals surface area contributed by atoms with E-state index in [2.05, 4.69) is 39.1 Å². The summed E-state index contributed by atoms with van der Waals surface area (Å²) in [7, 11) is -1.60. The average molecular weight is 560 g/mol. The van der Waals surface area contributed by atoms with E-state index in [1.165, 1.54) is 0 Å². The quantitative estimate of drug-likeness (QED) is 0.233. The van der Waals surface area contributed by atoms with Gasteiger partial charge in [-0.1, -0.05) is 43.6 Å². The maximum atomic E-state index is 11.5. The van der Waals surface area contributed by atoms with Gasteiger partial charge in [-0.2, -0.15) is 0 Å². The molecule has 0 radical (unpaired) electrons. The van der Waals surface area contributed by atoms with Gasteiger partial charge in [-0.15, -0.1) is 24.0 Å². The lowest BCUT2D eigenvalue weighted by Gasteiger charge is -2.32. The SMILES string of the molecule is CCN(CC)C(CNC(=NC)NCC(C)(C)NS(C)(=O)=O)c1ccccc1Cl.I. The van der Waals surface area contributed by atoms with Crippen molar-refractivity contribution in [1.29, 1.82) is 0 Å². The number of guanidine groups is 1. The van der Waals surface area contributed by atoms with Gasteiger partial charge in [0.05, 0.1) is 12.3 Å². The van der Waals surface area contributed by atoms with Crippen LogP contribution in [0.1, 0.15) is 39.3 Å². The molecule has 7 nitrogen and oxygen atoms in total. The Morgan fingerprint density at radius 2 is 1.79 bits per heavy atom. The molecule has 0 amide bonds. The fraction of sp³-hybridized carbons (Fsp3) is 0.632. The molecular weight excluding hydrogens is 525 g/mol. The molecule has 0 saturated heterocycles. The lowest BCUT2D eigenvalue weighted by atomic mass is 10.0. The van der Waals surface area contributed by atoms with Gasteiger partial charge in [0.1, 0.15) is 0 Å². The fourth-order valence-electron chi connectivity index (χ4n) is 3.10. The highest BCUT2D eigenvalue weighted by molar-refractivity contribution is 14.0. The first-order chi connectivity index (χ1) is 13.0. The van der Waals surface area contributed by atoms with E-state index in [1.54, 1.807) is 7.05 Å². The zero-order valence-corrected chi connectivity index (χ0v) is 22.0. The third-order valence-corrected chi connectivity index (χ3v) is 5.63. The number of rotatable bonds is 10. The van der Waals surface area contributed by atoms with Crippen LogP contribution in [0.25, 0.3) is 0 Å². The molecule has 0 fully saturated rings. The van der Waals surface area contributed by atoms with E-state index in [0.717, 1.165) is 29.9 Å². The van der Waals surface area contributed by atoms with Crippen LogP contribution in [0.3, 0.4) is 0 Å². The Bertz CT molecular complexity index is 755. The molecule has 29 heavy (non-hydrogen) atoms. The van der Waals surface area contributed by atoms with Crippen molar-refractivity contribution in [1.82, 2.24) is 20.3 Å². The summed E-state index contributed by atoms with van der Waals surface area (Å²) in [5, 5.41) is 7.27. The van der Waals surface area contributed by atoms with Crippen LogP contribution in [0.2, 0.25) is 5.02 Å². The zero-order valence-electron chi connectivity index (χ0n) is 18.1. The summed E-state index contributed by atoms with van der Waals surface area (Å²) in [5.41, 5.74) is 0.418. The van der Waals surface area contributed by atoms with Gasteiger partial charge in [0.2, 0.25) is 10.0 Å². The van der Waals surface area contributed by atoms with Crippen LogP contribution >= 0.6 is 35.6 Å². The smallest absolute Gasteiger partial charge is 0.209 e. The number of aliphatic imine (C=N–C) groups is 1. The summed E-state index contributed by atoms with van der Waals surface area (Å²) in [6.07, 6.45) is 1.15. The summed E-state index contributed by atoms with van der Waals surface area (Å²) < 4.78 is 25.6. The summed E-state index contributed by atoms with van der Waals surface area (Å²) in [4.78, 5) is 6.58. The number of nitrogens with zero attached hydrogens (tertiary/aromatic N) is 2. The van der Waals surface area contributed by atoms with Crippen LogP contribution in [0.4, 0.5) is 0 Å². The zero-order chi connectivity index (χ0) is 21.4. The average Bonchev–Trinajstić information content (AvgIpc) is 2.59. The Morgan fingerprint density at radius 3 is 2.28 bits per heavy atom. The molecule has 1 aromatic rings. The van der Waals surface area contributed by atoms with E-state index in [1.807, 2.05) is 38.1 Å². The van der Waals surface area contributed by atoms with Gasteiger partial charge < -0.3 is 10.6 Å². The molecule has 1 unspecified atom stereocenters. The van der Waals surface area contributed by atoms with Crippen LogP contribution in [0.5, 0.6) is 0 Å². The molecule has 0 aromatic heterocycles. The second-order valence-electron chi connectivity index (χ2n) is 7.32. The number of hydrogen-bond donors (Lipinski definition) is 3. The second kappa shape index (κ2) is 12.9. The summed E-state index contributed by atoms with van der Waals surface area (Å²) >= 11 is 6.44. The topological polar surface area (TPSA) is 85.8 Å². The van der Waals surface area contributed by atoms with Crippen molar-refractivity contribution in [3.8, 4) is 0 Å². The molecule has 3 N–H and O–H groups in total. The van der Waals surface area contributed by atoms with Crippen LogP contribution in [-0.2, 0) is 10.0 Å². The Hall–Kier alpha value is -0.620. The molecule has 1 rings (SSSR count). The van der Waals surface area contributed by atoms with Crippen molar-refractivity contribution in [2.75, 3.05) is 39.5 Å². The molecule has 0 saturated carbocycles. The van der Waals surface area contributed by atoms with E-state index in [4.69, 9.17) is 11.6 Å². The van der Waals surface area contributed by atoms with Crippen LogP contribution in [0, 0.1) is 0 Å². The van der Waals surface area contributed by atoms with Crippen molar-refractivity contribution in [3.05, 3.63) is 34.9 Å². The first kappa shape index (κ1) is 28.4. The Kier molecular flexibility index (Phi) is 12.7. The Balaban J connectivity index is 0.00000784. The van der Waals surface area contributed by atoms with E-state index in [0.29, 0.717) is 19.0 Å². The first-order valence-corrected chi connectivity index (χ1v) is 11.7. The molecule has 168 valence electrons. The minimum atomic E-state index is -3.29. The van der Waals surface area contributed by atoms with Gasteiger partial charge in [-0.05, 0) is 38.6 Å². The third-order valence-electron chi connectivity index (χ3n) is 4.36. The van der Waals surface area contributed by atoms with E-state index >= 15 is 0 Å². The number of benzene rings is 1. The van der Waals surface area contributed by atoms with Gasteiger partial charge in [-0.25, -0.2) is 13.1 Å². The molecule has 0 bridgehead atoms. The fourth-order valence-corrected chi connectivity index (χ4v) is 4.44. The molecule has 0 heterocycles. The second-order valence-corrected chi connectivity index (χ2v) is 9.48. The minimum absolute atomic E-state index is 0. The Morgan fingerprint density at radius 1 is 1.21 bits per heavy atom. The van der Waals surface area contributed by atoms with Gasteiger partial charge in [0.25, 0.3) is 0 Å². The largest absolute Gasteiger partial charge is 0.355 e. The molecule has 1 atom stereocenters. The normalized spacial score (nSPS) is 13.7. The number of likely N-dealkylation sites (N-methyl/N-ethyl adjacent to an activating group) is 1. The van der Waals surface area contributed by atoms with E-state index in [9.17, 15) is 8.42 Å². The van der Waals surface area contributed by atoms with Crippen LogP contribution in [0.15, 0.2) is 29.3 Å². The molecule has 10 heteroatoms. The molecule has 1 aromatic carbocycles. The van der Waals surface area contributed by atoms with Gasteiger partial charge in [-0.3, -0.25) is 9.89 Å². The number of hydrogen-bond acceptors (Lipinski definition) is 4. The van der Waals surface area contributed by atoms with Gasteiger partial charge >= 0.3 is 0 Å². The highest BCUT2D eigenvalue weighted by Gasteiger charge is 2.23. The predicted octanol–water partition coefficient (Wildman–Crippen LogP) is 2.83. The summed E-state index contributed by atoms with van der Waals surface area (Å²) in [6, 6.07) is 7.95. The number of sulfonamides is 1. The highest BCUT2D eigenvalue weighted by Crippen LogP contribution is 2.26. The van der Waals surface area contributed by atoms with Gasteiger partial charge in [0.15, 0.2) is 5.96 Å². The molecular formula is C19H35ClIN5O2S. The molecule has 0 aliphatic rings. The minimum Gasteiger partial charge on any atom is -0.355 e. The van der Waals surface area contributed by atoms with Crippen molar-refractivity contribution in [3.63, 3.8) is 0 Å². The number of nitrogens with one attached hydrogen (secondary N) is 3. The Labute approximate surface area is 198 Å².